The van der Waals surface area contributed by atoms with E-state index in [9.17, 15) is 13.2 Å². The van der Waals surface area contributed by atoms with Crippen LogP contribution in [-0.2, 0) is 21.1 Å². The molecular formula is C17H26N2O4S2. The van der Waals surface area contributed by atoms with Gasteiger partial charge in [0.2, 0.25) is 0 Å². The van der Waals surface area contributed by atoms with Crippen molar-refractivity contribution >= 4 is 27.3 Å². The monoisotopic (exact) mass is 386 g/mol. The first-order valence-corrected chi connectivity index (χ1v) is 11.5. The van der Waals surface area contributed by atoms with Gasteiger partial charge in [0.25, 0.3) is 0 Å². The Bertz CT molecular complexity index is 716. The molecule has 8 heteroatoms. The molecule has 1 aromatic heterocycles. The van der Waals surface area contributed by atoms with E-state index in [1.54, 1.807) is 16.2 Å². The number of ether oxygens (including phenoxy) is 1. The first kappa shape index (κ1) is 18.7. The Morgan fingerprint density at radius 1 is 1.32 bits per heavy atom. The van der Waals surface area contributed by atoms with Gasteiger partial charge in [-0.15, -0.1) is 11.3 Å². The van der Waals surface area contributed by atoms with Crippen molar-refractivity contribution in [1.82, 2.24) is 9.80 Å². The second-order valence-electron chi connectivity index (χ2n) is 6.87. The number of piperazine rings is 1. The molecule has 140 valence electrons. The highest BCUT2D eigenvalue weighted by molar-refractivity contribution is 7.91. The predicted molar refractivity (Wildman–Crippen MR) is 98.7 cm³/mol. The highest BCUT2D eigenvalue weighted by Gasteiger charge is 2.48. The zero-order valence-corrected chi connectivity index (χ0v) is 16.4. The number of thiophene rings is 1. The second-order valence-corrected chi connectivity index (χ2v) is 10.0. The van der Waals surface area contributed by atoms with Gasteiger partial charge in [0, 0.05) is 30.6 Å². The van der Waals surface area contributed by atoms with E-state index in [0.717, 1.165) is 19.4 Å². The molecule has 1 amide bonds. The molecule has 1 aromatic rings. The number of aryl methyl sites for hydroxylation is 1. The first-order valence-electron chi connectivity index (χ1n) is 8.82. The van der Waals surface area contributed by atoms with Crippen LogP contribution in [0.3, 0.4) is 0 Å². The summed E-state index contributed by atoms with van der Waals surface area (Å²) < 4.78 is 29.8. The summed E-state index contributed by atoms with van der Waals surface area (Å²) in [6, 6.07) is 1.65. The molecule has 2 atom stereocenters. The van der Waals surface area contributed by atoms with Gasteiger partial charge in [0.15, 0.2) is 9.84 Å². The molecule has 3 rings (SSSR count). The summed E-state index contributed by atoms with van der Waals surface area (Å²) in [6.07, 6.45) is 1.42. The normalized spacial score (nSPS) is 25.8. The van der Waals surface area contributed by atoms with E-state index in [-0.39, 0.29) is 29.7 Å². The van der Waals surface area contributed by atoms with E-state index in [0.29, 0.717) is 19.7 Å². The quantitative estimate of drug-likeness (QED) is 0.727. The molecule has 2 unspecified atom stereocenters. The molecule has 0 N–H and O–H groups in total. The van der Waals surface area contributed by atoms with Crippen LogP contribution < -0.4 is 0 Å². The standard InChI is InChI=1S/C17H26N2O4S2/c1-3-4-8-23-17(20)19-7-6-18(10-16-13(2)5-9-24-16)14-11-25(21,22)12-15(14)19/h5,9,14-15H,3-4,6-8,10-12H2,1-2H3. The number of hydrogen-bond acceptors (Lipinski definition) is 6. The fraction of sp³-hybridized carbons (Fsp3) is 0.706. The van der Waals surface area contributed by atoms with Crippen molar-refractivity contribution in [2.24, 2.45) is 0 Å². The molecule has 2 aliphatic rings. The van der Waals surface area contributed by atoms with Gasteiger partial charge in [-0.1, -0.05) is 13.3 Å². The Labute approximate surface area is 153 Å². The maximum atomic E-state index is 12.4. The van der Waals surface area contributed by atoms with Crippen LogP contribution in [0.2, 0.25) is 0 Å². The number of carbonyl (C=O) groups is 1. The zero-order valence-electron chi connectivity index (χ0n) is 14.8. The third-order valence-corrected chi connectivity index (χ3v) is 7.77. The smallest absolute Gasteiger partial charge is 0.410 e. The van der Waals surface area contributed by atoms with Crippen molar-refractivity contribution in [3.63, 3.8) is 0 Å². The summed E-state index contributed by atoms with van der Waals surface area (Å²) in [5, 5.41) is 2.06. The van der Waals surface area contributed by atoms with Crippen LogP contribution in [-0.4, -0.2) is 67.6 Å². The molecule has 2 aliphatic heterocycles. The molecule has 25 heavy (non-hydrogen) atoms. The van der Waals surface area contributed by atoms with E-state index in [1.807, 2.05) is 6.92 Å². The number of fused-ring (bicyclic) bond motifs is 1. The van der Waals surface area contributed by atoms with Gasteiger partial charge in [-0.05, 0) is 30.4 Å². The molecule has 0 saturated carbocycles. The van der Waals surface area contributed by atoms with Crippen LogP contribution in [0.5, 0.6) is 0 Å². The number of amides is 1. The van der Waals surface area contributed by atoms with Crippen LogP contribution in [0.25, 0.3) is 0 Å². The first-order chi connectivity index (χ1) is 11.9. The summed E-state index contributed by atoms with van der Waals surface area (Å²) >= 11 is 1.70. The average molecular weight is 387 g/mol. The molecule has 0 spiro atoms. The van der Waals surface area contributed by atoms with Crippen LogP contribution >= 0.6 is 11.3 Å². The Morgan fingerprint density at radius 2 is 2.08 bits per heavy atom. The molecule has 0 aliphatic carbocycles. The van der Waals surface area contributed by atoms with Crippen molar-refractivity contribution in [3.8, 4) is 0 Å². The van der Waals surface area contributed by atoms with Gasteiger partial charge in [-0.25, -0.2) is 13.2 Å². The summed E-state index contributed by atoms with van der Waals surface area (Å²) in [5.74, 6) is 0.168. The van der Waals surface area contributed by atoms with Crippen LogP contribution in [0.4, 0.5) is 4.79 Å². The minimum Gasteiger partial charge on any atom is -0.449 e. The van der Waals surface area contributed by atoms with Crippen molar-refractivity contribution < 1.29 is 17.9 Å². The molecular weight excluding hydrogens is 360 g/mol. The summed E-state index contributed by atoms with van der Waals surface area (Å²) in [6.45, 7) is 6.46. The van der Waals surface area contributed by atoms with Crippen molar-refractivity contribution in [2.45, 2.75) is 45.3 Å². The van der Waals surface area contributed by atoms with Gasteiger partial charge in [-0.2, -0.15) is 0 Å². The maximum absolute atomic E-state index is 12.4. The number of unbranched alkanes of at least 4 members (excludes halogenated alkanes) is 1. The van der Waals surface area contributed by atoms with Gasteiger partial charge in [0.1, 0.15) is 0 Å². The fourth-order valence-corrected chi connectivity index (χ4v) is 6.53. The van der Waals surface area contributed by atoms with Crippen LogP contribution in [0.1, 0.15) is 30.2 Å². The summed E-state index contributed by atoms with van der Waals surface area (Å²) in [4.78, 5) is 17.5. The van der Waals surface area contributed by atoms with E-state index in [2.05, 4.69) is 23.3 Å². The lowest BCUT2D eigenvalue weighted by atomic mass is 10.0. The number of carbonyl (C=O) groups excluding carboxylic acids is 1. The minimum atomic E-state index is -3.13. The van der Waals surface area contributed by atoms with E-state index < -0.39 is 9.84 Å². The third-order valence-electron chi connectivity index (χ3n) is 5.06. The number of hydrogen-bond donors (Lipinski definition) is 0. The van der Waals surface area contributed by atoms with Crippen molar-refractivity contribution in [2.75, 3.05) is 31.2 Å². The van der Waals surface area contributed by atoms with Gasteiger partial charge in [0.05, 0.1) is 24.2 Å². The third kappa shape index (κ3) is 4.17. The Kier molecular flexibility index (Phi) is 5.70. The van der Waals surface area contributed by atoms with Crippen LogP contribution in [0.15, 0.2) is 11.4 Å². The van der Waals surface area contributed by atoms with E-state index >= 15 is 0 Å². The molecule has 6 nitrogen and oxygen atoms in total. The van der Waals surface area contributed by atoms with Gasteiger partial charge >= 0.3 is 6.09 Å². The SMILES string of the molecule is CCCCOC(=O)N1CCN(Cc2sccc2C)C2CS(=O)(=O)CC21. The van der Waals surface area contributed by atoms with Gasteiger partial charge in [-0.3, -0.25) is 4.90 Å². The summed E-state index contributed by atoms with van der Waals surface area (Å²) in [5.41, 5.74) is 1.24. The lowest BCUT2D eigenvalue weighted by Gasteiger charge is -2.43. The van der Waals surface area contributed by atoms with Crippen molar-refractivity contribution in [1.29, 1.82) is 0 Å². The predicted octanol–water partition coefficient (Wildman–Crippen LogP) is 2.28. The lowest BCUT2D eigenvalue weighted by molar-refractivity contribution is 0.0268. The Morgan fingerprint density at radius 3 is 2.76 bits per heavy atom. The largest absolute Gasteiger partial charge is 0.449 e. The molecule has 2 saturated heterocycles. The fourth-order valence-electron chi connectivity index (χ4n) is 3.59. The second kappa shape index (κ2) is 7.63. The number of sulfone groups is 1. The Balaban J connectivity index is 1.73. The lowest BCUT2D eigenvalue weighted by Crippen LogP contribution is -2.60. The molecule has 0 bridgehead atoms. The molecule has 2 fully saturated rings. The maximum Gasteiger partial charge on any atom is 0.410 e. The topological polar surface area (TPSA) is 66.9 Å². The van der Waals surface area contributed by atoms with E-state index in [4.69, 9.17) is 4.74 Å². The van der Waals surface area contributed by atoms with E-state index in [1.165, 1.54) is 10.4 Å². The molecule has 0 aromatic carbocycles. The number of rotatable bonds is 5. The zero-order chi connectivity index (χ0) is 18.0. The Hall–Kier alpha value is -1.12. The minimum absolute atomic E-state index is 0.0421. The average Bonchev–Trinajstić information content (AvgIpc) is 3.10. The highest BCUT2D eigenvalue weighted by atomic mass is 32.2. The number of nitrogens with zero attached hydrogens (tertiary/aromatic N) is 2. The summed E-state index contributed by atoms with van der Waals surface area (Å²) in [7, 11) is -3.13. The van der Waals surface area contributed by atoms with Crippen LogP contribution in [0, 0.1) is 6.92 Å². The van der Waals surface area contributed by atoms with Gasteiger partial charge < -0.3 is 9.64 Å². The highest BCUT2D eigenvalue weighted by Crippen LogP contribution is 2.30. The molecule has 3 heterocycles. The van der Waals surface area contributed by atoms with Crippen molar-refractivity contribution in [3.05, 3.63) is 21.9 Å². The molecule has 0 radical (unpaired) electrons.